The van der Waals surface area contributed by atoms with E-state index in [1.54, 1.807) is 36.1 Å². The van der Waals surface area contributed by atoms with Gasteiger partial charge in [-0.25, -0.2) is 4.79 Å². The normalized spacial score (nSPS) is 17.4. The van der Waals surface area contributed by atoms with Crippen LogP contribution in [-0.2, 0) is 15.1 Å². The van der Waals surface area contributed by atoms with Gasteiger partial charge in [0, 0.05) is 24.3 Å². The second-order valence-corrected chi connectivity index (χ2v) is 8.61. The van der Waals surface area contributed by atoms with Crippen molar-refractivity contribution in [3.05, 3.63) is 77.9 Å². The third-order valence-corrected chi connectivity index (χ3v) is 6.37. The van der Waals surface area contributed by atoms with Crippen LogP contribution >= 0.6 is 0 Å². The first-order chi connectivity index (χ1) is 16.8. The molecule has 8 heteroatoms. The van der Waals surface area contributed by atoms with Gasteiger partial charge < -0.3 is 15.5 Å². The molecule has 1 fully saturated rings. The van der Waals surface area contributed by atoms with Gasteiger partial charge in [-0.15, -0.1) is 0 Å². The number of carbonyl (C=O) groups excluding carboxylic acids is 4. The maximum atomic E-state index is 13.2. The summed E-state index contributed by atoms with van der Waals surface area (Å²) in [6, 6.07) is 19.2. The van der Waals surface area contributed by atoms with Crippen LogP contribution in [0.3, 0.4) is 0 Å². The van der Waals surface area contributed by atoms with Gasteiger partial charge in [-0.2, -0.15) is 0 Å². The molecule has 0 saturated carbocycles. The highest BCUT2D eigenvalue weighted by Gasteiger charge is 2.49. The van der Waals surface area contributed by atoms with Gasteiger partial charge >= 0.3 is 6.03 Å². The fourth-order valence-corrected chi connectivity index (χ4v) is 4.27. The zero-order valence-corrected chi connectivity index (χ0v) is 20.0. The van der Waals surface area contributed by atoms with Gasteiger partial charge in [0.05, 0.1) is 0 Å². The molecule has 1 atom stereocenters. The molecule has 0 radical (unpaired) electrons. The van der Waals surface area contributed by atoms with Crippen LogP contribution in [0, 0.1) is 0 Å². The van der Waals surface area contributed by atoms with E-state index in [0.29, 0.717) is 29.9 Å². The standard InChI is InChI=1S/C27H28N4O4/c1-4-30(5-2)24(33)19-11-14-22(15-12-19)28-23(32)17-31-25(34)27(3,29-26(31)35)21-13-10-18-8-6-7-9-20(18)16-21/h6-16H,4-5,17H2,1-3H3,(H,28,32)(H,29,35). The average molecular weight is 473 g/mol. The number of urea groups is 1. The van der Waals surface area contributed by atoms with Crippen LogP contribution in [0.25, 0.3) is 10.8 Å². The molecule has 1 heterocycles. The van der Waals surface area contributed by atoms with Gasteiger partial charge in [0.1, 0.15) is 12.1 Å². The SMILES string of the molecule is CCN(CC)C(=O)c1ccc(NC(=O)CN2C(=O)NC(C)(c3ccc4ccccc4c3)C2=O)cc1. The Morgan fingerprint density at radius 1 is 0.943 bits per heavy atom. The van der Waals surface area contributed by atoms with Gasteiger partial charge in [0.2, 0.25) is 5.91 Å². The van der Waals surface area contributed by atoms with E-state index in [-0.39, 0.29) is 5.91 Å². The van der Waals surface area contributed by atoms with Crippen molar-refractivity contribution in [3.63, 3.8) is 0 Å². The molecule has 1 unspecified atom stereocenters. The molecule has 3 aromatic carbocycles. The third kappa shape index (κ3) is 4.59. The molecule has 1 aliphatic rings. The zero-order valence-electron chi connectivity index (χ0n) is 20.0. The zero-order chi connectivity index (χ0) is 25.2. The van der Waals surface area contributed by atoms with Gasteiger partial charge in [-0.05, 0) is 67.4 Å². The number of anilines is 1. The number of amides is 5. The lowest BCUT2D eigenvalue weighted by Gasteiger charge is -2.22. The van der Waals surface area contributed by atoms with E-state index >= 15 is 0 Å². The van der Waals surface area contributed by atoms with Gasteiger partial charge in [-0.3, -0.25) is 19.3 Å². The molecule has 8 nitrogen and oxygen atoms in total. The quantitative estimate of drug-likeness (QED) is 0.512. The van der Waals surface area contributed by atoms with Crippen molar-refractivity contribution in [1.29, 1.82) is 0 Å². The topological polar surface area (TPSA) is 98.8 Å². The Kier molecular flexibility index (Phi) is 6.55. The number of nitrogens with zero attached hydrogens (tertiary/aromatic N) is 2. The van der Waals surface area contributed by atoms with Crippen LogP contribution in [-0.4, -0.2) is 53.2 Å². The van der Waals surface area contributed by atoms with E-state index in [9.17, 15) is 19.2 Å². The highest BCUT2D eigenvalue weighted by atomic mass is 16.2. The number of carbonyl (C=O) groups is 4. The fourth-order valence-electron chi connectivity index (χ4n) is 4.27. The Balaban J connectivity index is 1.44. The summed E-state index contributed by atoms with van der Waals surface area (Å²) in [5.74, 6) is -1.09. The molecule has 3 aromatic rings. The number of fused-ring (bicyclic) bond motifs is 1. The highest BCUT2D eigenvalue weighted by molar-refractivity contribution is 6.10. The molecule has 4 rings (SSSR count). The van der Waals surface area contributed by atoms with E-state index in [1.165, 1.54) is 0 Å². The average Bonchev–Trinajstić information content (AvgIpc) is 3.08. The lowest BCUT2D eigenvalue weighted by atomic mass is 9.90. The number of imide groups is 1. The Morgan fingerprint density at radius 3 is 2.26 bits per heavy atom. The minimum Gasteiger partial charge on any atom is -0.339 e. The molecule has 0 aliphatic carbocycles. The van der Waals surface area contributed by atoms with Crippen LogP contribution in [0.2, 0.25) is 0 Å². The molecule has 5 amide bonds. The maximum absolute atomic E-state index is 13.2. The van der Waals surface area contributed by atoms with Crippen molar-refractivity contribution < 1.29 is 19.2 Å². The first-order valence-corrected chi connectivity index (χ1v) is 11.6. The number of rotatable bonds is 7. The highest BCUT2D eigenvalue weighted by Crippen LogP contribution is 2.31. The Morgan fingerprint density at radius 2 is 1.60 bits per heavy atom. The van der Waals surface area contributed by atoms with Crippen molar-refractivity contribution in [1.82, 2.24) is 15.1 Å². The van der Waals surface area contributed by atoms with Crippen molar-refractivity contribution in [2.24, 2.45) is 0 Å². The predicted molar refractivity (Wildman–Crippen MR) is 134 cm³/mol. The Hall–Kier alpha value is -4.20. The Bertz CT molecular complexity index is 1300. The monoisotopic (exact) mass is 472 g/mol. The van der Waals surface area contributed by atoms with Crippen LogP contribution in [0.5, 0.6) is 0 Å². The maximum Gasteiger partial charge on any atom is 0.325 e. The Labute approximate surface area is 203 Å². The first kappa shape index (κ1) is 23.9. The lowest BCUT2D eigenvalue weighted by molar-refractivity contribution is -0.133. The first-order valence-electron chi connectivity index (χ1n) is 11.6. The van der Waals surface area contributed by atoms with Crippen LogP contribution in [0.15, 0.2) is 66.7 Å². The molecule has 0 spiro atoms. The van der Waals surface area contributed by atoms with Gasteiger partial charge in [-0.1, -0.05) is 36.4 Å². The minimum absolute atomic E-state index is 0.0832. The third-order valence-electron chi connectivity index (χ3n) is 6.37. The van der Waals surface area contributed by atoms with Crippen molar-refractivity contribution in [2.45, 2.75) is 26.3 Å². The van der Waals surface area contributed by atoms with E-state index in [1.807, 2.05) is 56.3 Å². The molecule has 1 aliphatic heterocycles. The molecule has 0 bridgehead atoms. The fraction of sp³-hybridized carbons (Fsp3) is 0.259. The van der Waals surface area contributed by atoms with Crippen LogP contribution < -0.4 is 10.6 Å². The summed E-state index contributed by atoms with van der Waals surface area (Å²) in [5, 5.41) is 7.40. The van der Waals surface area contributed by atoms with Crippen molar-refractivity contribution >= 4 is 40.2 Å². The van der Waals surface area contributed by atoms with Crippen LogP contribution in [0.1, 0.15) is 36.7 Å². The number of benzene rings is 3. The summed E-state index contributed by atoms with van der Waals surface area (Å²) in [7, 11) is 0. The summed E-state index contributed by atoms with van der Waals surface area (Å²) in [6.45, 7) is 6.26. The summed E-state index contributed by atoms with van der Waals surface area (Å²) in [4.78, 5) is 53.6. The number of hydrogen-bond donors (Lipinski definition) is 2. The summed E-state index contributed by atoms with van der Waals surface area (Å²) in [5.41, 5.74) is 0.363. The smallest absolute Gasteiger partial charge is 0.325 e. The second-order valence-electron chi connectivity index (χ2n) is 8.61. The summed E-state index contributed by atoms with van der Waals surface area (Å²) in [6.07, 6.45) is 0. The molecule has 1 saturated heterocycles. The van der Waals surface area contributed by atoms with E-state index < -0.39 is 29.9 Å². The summed E-state index contributed by atoms with van der Waals surface area (Å²) >= 11 is 0. The molecule has 0 aromatic heterocycles. The van der Waals surface area contributed by atoms with Gasteiger partial charge in [0.15, 0.2) is 0 Å². The second kappa shape index (κ2) is 9.58. The van der Waals surface area contributed by atoms with Gasteiger partial charge in [0.25, 0.3) is 11.8 Å². The molecule has 2 N–H and O–H groups in total. The van der Waals surface area contributed by atoms with Crippen molar-refractivity contribution in [3.8, 4) is 0 Å². The molecular weight excluding hydrogens is 444 g/mol. The summed E-state index contributed by atoms with van der Waals surface area (Å²) < 4.78 is 0. The number of hydrogen-bond acceptors (Lipinski definition) is 4. The number of nitrogens with one attached hydrogen (secondary N) is 2. The predicted octanol–water partition coefficient (Wildman–Crippen LogP) is 3.73. The van der Waals surface area contributed by atoms with Crippen molar-refractivity contribution in [2.75, 3.05) is 25.0 Å². The largest absolute Gasteiger partial charge is 0.339 e. The van der Waals surface area contributed by atoms with Crippen LogP contribution in [0.4, 0.5) is 10.5 Å². The minimum atomic E-state index is -1.27. The van der Waals surface area contributed by atoms with E-state index in [0.717, 1.165) is 15.7 Å². The van der Waals surface area contributed by atoms with E-state index in [2.05, 4.69) is 10.6 Å². The lowest BCUT2D eigenvalue weighted by Crippen LogP contribution is -2.42. The molecule has 35 heavy (non-hydrogen) atoms. The van der Waals surface area contributed by atoms with E-state index in [4.69, 9.17) is 0 Å². The molecule has 180 valence electrons. The molecular formula is C27H28N4O4.